The van der Waals surface area contributed by atoms with E-state index in [1.54, 1.807) is 7.05 Å². The SMILES string of the molecule is Cn1c(=O)c2c(SCC(=O)Nc3cccc4ccccc34)nc(-c3cccs3)nc2n(C)c1=O. The molecule has 0 aliphatic carbocycles. The van der Waals surface area contributed by atoms with Gasteiger partial charge in [0.25, 0.3) is 5.56 Å². The molecule has 0 fully saturated rings. The highest BCUT2D eigenvalue weighted by Crippen LogP contribution is 2.29. The number of anilines is 1. The number of hydrogen-bond donors (Lipinski definition) is 1. The van der Waals surface area contributed by atoms with Gasteiger partial charge in [-0.2, -0.15) is 0 Å². The van der Waals surface area contributed by atoms with E-state index in [1.807, 2.05) is 60.0 Å². The molecule has 3 heterocycles. The van der Waals surface area contributed by atoms with Gasteiger partial charge in [-0.15, -0.1) is 11.3 Å². The van der Waals surface area contributed by atoms with E-state index in [2.05, 4.69) is 15.3 Å². The van der Waals surface area contributed by atoms with Crippen LogP contribution in [0.3, 0.4) is 0 Å². The van der Waals surface area contributed by atoms with Gasteiger partial charge in [-0.05, 0) is 22.9 Å². The molecule has 1 amide bonds. The number of amides is 1. The van der Waals surface area contributed by atoms with Crippen molar-refractivity contribution in [2.75, 3.05) is 11.1 Å². The smallest absolute Gasteiger partial charge is 0.325 e. The van der Waals surface area contributed by atoms with Crippen LogP contribution in [-0.4, -0.2) is 30.8 Å². The first kappa shape index (κ1) is 22.1. The quantitative estimate of drug-likeness (QED) is 0.299. The van der Waals surface area contributed by atoms with E-state index >= 15 is 0 Å². The van der Waals surface area contributed by atoms with Crippen LogP contribution in [0.4, 0.5) is 5.69 Å². The molecular formula is C24H19N5O3S2. The number of aromatic nitrogens is 4. The first-order chi connectivity index (χ1) is 16.4. The van der Waals surface area contributed by atoms with Crippen molar-refractivity contribution in [3.8, 4) is 10.7 Å². The summed E-state index contributed by atoms with van der Waals surface area (Å²) >= 11 is 2.60. The van der Waals surface area contributed by atoms with Crippen LogP contribution >= 0.6 is 23.1 Å². The van der Waals surface area contributed by atoms with Crippen molar-refractivity contribution in [1.82, 2.24) is 19.1 Å². The third-order valence-corrected chi connectivity index (χ3v) is 7.25. The molecule has 0 spiro atoms. The molecule has 0 unspecified atom stereocenters. The largest absolute Gasteiger partial charge is 0.332 e. The van der Waals surface area contributed by atoms with Gasteiger partial charge in [-0.1, -0.05) is 54.2 Å². The van der Waals surface area contributed by atoms with Gasteiger partial charge in [0.2, 0.25) is 5.91 Å². The Balaban J connectivity index is 1.52. The number of carbonyl (C=O) groups excluding carboxylic acids is 1. The van der Waals surface area contributed by atoms with Crippen LogP contribution in [-0.2, 0) is 18.9 Å². The number of benzene rings is 2. The van der Waals surface area contributed by atoms with Gasteiger partial charge in [0.15, 0.2) is 11.5 Å². The van der Waals surface area contributed by atoms with E-state index in [1.165, 1.54) is 23.0 Å². The van der Waals surface area contributed by atoms with Gasteiger partial charge in [0.1, 0.15) is 10.4 Å². The Hall–Kier alpha value is -3.76. The van der Waals surface area contributed by atoms with Crippen LogP contribution in [0.15, 0.2) is 74.6 Å². The van der Waals surface area contributed by atoms with Gasteiger partial charge in [0, 0.05) is 25.2 Å². The Bertz CT molecular complexity index is 1670. The summed E-state index contributed by atoms with van der Waals surface area (Å²) in [6.07, 6.45) is 0. The lowest BCUT2D eigenvalue weighted by atomic mass is 10.1. The van der Waals surface area contributed by atoms with E-state index in [0.29, 0.717) is 16.5 Å². The summed E-state index contributed by atoms with van der Waals surface area (Å²) in [5, 5.41) is 7.40. The molecule has 0 saturated heterocycles. The molecule has 1 N–H and O–H groups in total. The topological polar surface area (TPSA) is 98.9 Å². The summed E-state index contributed by atoms with van der Waals surface area (Å²) in [6.45, 7) is 0. The Morgan fingerprint density at radius 1 is 1.00 bits per heavy atom. The lowest BCUT2D eigenvalue weighted by Gasteiger charge is -2.12. The Morgan fingerprint density at radius 3 is 2.59 bits per heavy atom. The van der Waals surface area contributed by atoms with E-state index in [4.69, 9.17) is 0 Å². The van der Waals surface area contributed by atoms with Crippen LogP contribution in [0, 0.1) is 0 Å². The predicted molar refractivity (Wildman–Crippen MR) is 137 cm³/mol. The summed E-state index contributed by atoms with van der Waals surface area (Å²) in [6, 6.07) is 17.3. The lowest BCUT2D eigenvalue weighted by molar-refractivity contribution is -0.113. The summed E-state index contributed by atoms with van der Waals surface area (Å²) in [4.78, 5) is 48.2. The van der Waals surface area contributed by atoms with Crippen molar-refractivity contribution in [3.63, 3.8) is 0 Å². The molecule has 0 bridgehead atoms. The number of hydrogen-bond acceptors (Lipinski definition) is 7. The standard InChI is InChI=1S/C24H19N5O3S2/c1-28-21-19(23(31)29(2)24(28)32)22(27-20(26-21)17-11-6-12-33-17)34-13-18(30)25-16-10-5-8-14-7-3-4-9-15(14)16/h3-12H,13H2,1-2H3,(H,25,30). The van der Waals surface area contributed by atoms with Gasteiger partial charge >= 0.3 is 5.69 Å². The highest BCUT2D eigenvalue weighted by atomic mass is 32.2. The van der Waals surface area contributed by atoms with Gasteiger partial charge < -0.3 is 5.32 Å². The number of nitrogens with one attached hydrogen (secondary N) is 1. The van der Waals surface area contributed by atoms with Crippen LogP contribution in [0.25, 0.3) is 32.5 Å². The lowest BCUT2D eigenvalue weighted by Crippen LogP contribution is -2.37. The maximum Gasteiger partial charge on any atom is 0.332 e. The molecular weight excluding hydrogens is 470 g/mol. The fourth-order valence-electron chi connectivity index (χ4n) is 3.70. The molecule has 0 aliphatic rings. The van der Waals surface area contributed by atoms with Crippen molar-refractivity contribution in [2.45, 2.75) is 5.03 Å². The predicted octanol–water partition coefficient (Wildman–Crippen LogP) is 3.64. The minimum atomic E-state index is -0.493. The number of nitrogens with zero attached hydrogens (tertiary/aromatic N) is 4. The van der Waals surface area contributed by atoms with Crippen LogP contribution in [0.2, 0.25) is 0 Å². The molecule has 0 saturated carbocycles. The Kier molecular flexibility index (Phi) is 5.76. The monoisotopic (exact) mass is 489 g/mol. The van der Waals surface area contributed by atoms with Crippen LogP contribution in [0.1, 0.15) is 0 Å². The van der Waals surface area contributed by atoms with Crippen molar-refractivity contribution in [2.24, 2.45) is 14.1 Å². The second kappa shape index (κ2) is 8.88. The average molecular weight is 490 g/mol. The minimum Gasteiger partial charge on any atom is -0.325 e. The zero-order valence-corrected chi connectivity index (χ0v) is 19.9. The second-order valence-electron chi connectivity index (χ2n) is 7.60. The van der Waals surface area contributed by atoms with E-state index in [9.17, 15) is 14.4 Å². The van der Waals surface area contributed by atoms with Crippen LogP contribution in [0.5, 0.6) is 0 Å². The third kappa shape index (κ3) is 3.91. The summed E-state index contributed by atoms with van der Waals surface area (Å²) in [7, 11) is 2.98. The molecule has 0 aliphatic heterocycles. The Morgan fingerprint density at radius 2 is 1.79 bits per heavy atom. The van der Waals surface area contributed by atoms with Crippen molar-refractivity contribution < 1.29 is 4.79 Å². The molecule has 0 radical (unpaired) electrons. The molecule has 10 heteroatoms. The average Bonchev–Trinajstić information content (AvgIpc) is 3.40. The fraction of sp³-hybridized carbons (Fsp3) is 0.125. The van der Waals surface area contributed by atoms with E-state index < -0.39 is 11.2 Å². The number of fused-ring (bicyclic) bond motifs is 2. The highest BCUT2D eigenvalue weighted by molar-refractivity contribution is 8.00. The highest BCUT2D eigenvalue weighted by Gasteiger charge is 2.19. The zero-order chi connectivity index (χ0) is 23.8. The summed E-state index contributed by atoms with van der Waals surface area (Å²) in [5.41, 5.74) is -0.0111. The molecule has 5 aromatic rings. The van der Waals surface area contributed by atoms with Gasteiger partial charge in [0.05, 0.1) is 10.6 Å². The first-order valence-electron chi connectivity index (χ1n) is 10.4. The molecule has 2 aromatic carbocycles. The van der Waals surface area contributed by atoms with E-state index in [-0.39, 0.29) is 22.7 Å². The molecule has 5 rings (SSSR count). The number of thiophene rings is 1. The fourth-order valence-corrected chi connectivity index (χ4v) is 5.18. The third-order valence-electron chi connectivity index (χ3n) is 5.41. The van der Waals surface area contributed by atoms with Gasteiger partial charge in [-0.25, -0.2) is 14.8 Å². The molecule has 34 heavy (non-hydrogen) atoms. The maximum absolute atomic E-state index is 13.0. The summed E-state index contributed by atoms with van der Waals surface area (Å²) < 4.78 is 2.35. The zero-order valence-electron chi connectivity index (χ0n) is 18.3. The normalized spacial score (nSPS) is 11.2. The molecule has 8 nitrogen and oxygen atoms in total. The number of carbonyl (C=O) groups is 1. The van der Waals surface area contributed by atoms with Gasteiger partial charge in [-0.3, -0.25) is 18.7 Å². The Labute approximate surface area is 201 Å². The van der Waals surface area contributed by atoms with Crippen LogP contribution < -0.4 is 16.6 Å². The minimum absolute atomic E-state index is 0.0329. The van der Waals surface area contributed by atoms with E-state index in [0.717, 1.165) is 32.0 Å². The molecule has 170 valence electrons. The van der Waals surface area contributed by atoms with Crippen molar-refractivity contribution >= 4 is 56.5 Å². The number of thioether (sulfide) groups is 1. The van der Waals surface area contributed by atoms with Crippen molar-refractivity contribution in [1.29, 1.82) is 0 Å². The first-order valence-corrected chi connectivity index (χ1v) is 12.2. The number of rotatable bonds is 5. The second-order valence-corrected chi connectivity index (χ2v) is 9.51. The maximum atomic E-state index is 13.0. The number of aryl methyl sites for hydroxylation is 1. The molecule has 3 aromatic heterocycles. The summed E-state index contributed by atoms with van der Waals surface area (Å²) in [5.74, 6) is 0.209. The molecule has 0 atom stereocenters. The van der Waals surface area contributed by atoms with Crippen molar-refractivity contribution in [3.05, 3.63) is 80.8 Å².